The zero-order valence-electron chi connectivity index (χ0n) is 11.3. The lowest BCUT2D eigenvalue weighted by molar-refractivity contribution is -0.298. The Labute approximate surface area is 133 Å². The average Bonchev–Trinajstić information content (AvgIpc) is 2.48. The molecule has 0 spiro atoms. The second-order valence-corrected chi connectivity index (χ2v) is 5.40. The molecule has 0 radical (unpaired) electrons. The molecule has 1 aliphatic rings. The first-order valence-electron chi connectivity index (χ1n) is 6.28. The van der Waals surface area contributed by atoms with E-state index in [-0.39, 0.29) is 5.33 Å². The normalized spacial score (nSPS) is 34.7. The van der Waals surface area contributed by atoms with Crippen LogP contribution in [0.25, 0.3) is 0 Å². The molecule has 0 aromatic heterocycles. The third-order valence-corrected chi connectivity index (χ3v) is 3.72. The maximum Gasteiger partial charge on any atom is 0.377 e. The van der Waals surface area contributed by atoms with Gasteiger partial charge >= 0.3 is 17.7 Å². The summed E-state index contributed by atoms with van der Waals surface area (Å²) in [6.07, 6.45) is -7.19. The molecule has 1 fully saturated rings. The Kier molecular flexibility index (Phi) is 6.67. The highest BCUT2D eigenvalue weighted by atomic mass is 79.9. The van der Waals surface area contributed by atoms with Gasteiger partial charge < -0.3 is 40.7 Å². The van der Waals surface area contributed by atoms with E-state index in [1.54, 1.807) is 0 Å². The van der Waals surface area contributed by atoms with E-state index in [0.29, 0.717) is 0 Å². The number of aliphatic hydroxyl groups is 4. The van der Waals surface area contributed by atoms with E-state index in [2.05, 4.69) is 15.9 Å². The lowest BCUT2D eigenvalue weighted by atomic mass is 9.89. The highest BCUT2D eigenvalue weighted by molar-refractivity contribution is 9.09. The maximum atomic E-state index is 11.4. The van der Waals surface area contributed by atoms with E-state index in [4.69, 9.17) is 20.3 Å². The molecule has 10 nitrogen and oxygen atoms in total. The van der Waals surface area contributed by atoms with E-state index >= 15 is 0 Å². The number of hydrogen-bond donors (Lipinski definition) is 6. The monoisotopic (exact) mass is 387 g/mol. The van der Waals surface area contributed by atoms with Crippen LogP contribution in [0.2, 0.25) is 0 Å². The minimum absolute atomic E-state index is 0.319. The van der Waals surface area contributed by atoms with Crippen molar-refractivity contribution in [3.63, 3.8) is 0 Å². The van der Waals surface area contributed by atoms with Crippen LogP contribution in [0.15, 0.2) is 0 Å². The number of nitrogens with two attached hydrogens (primary N) is 1. The summed E-state index contributed by atoms with van der Waals surface area (Å²) < 4.78 is 9.83. The van der Waals surface area contributed by atoms with Gasteiger partial charge in [-0.05, 0) is 0 Å². The Morgan fingerprint density at radius 1 is 1.45 bits per heavy atom. The second kappa shape index (κ2) is 7.64. The number of carboxylic acid groups (broad SMARTS) is 1. The minimum Gasteiger partial charge on any atom is -0.476 e. The number of alkyl halides is 1. The van der Waals surface area contributed by atoms with Crippen LogP contribution in [0.3, 0.4) is 0 Å². The molecule has 1 heterocycles. The zero-order valence-corrected chi connectivity index (χ0v) is 12.9. The van der Waals surface area contributed by atoms with Crippen LogP contribution in [0.5, 0.6) is 0 Å². The molecular formula is C11H18BrNO9. The number of esters is 1. The molecule has 11 heteroatoms. The average molecular weight is 388 g/mol. The number of carbonyl (C=O) groups is 2. The minimum atomic E-state index is -2.55. The summed E-state index contributed by atoms with van der Waals surface area (Å²) in [7, 11) is 0. The number of aliphatic hydroxyl groups excluding tert-OH is 4. The molecule has 0 aliphatic carbocycles. The Morgan fingerprint density at radius 3 is 2.50 bits per heavy atom. The molecule has 0 bridgehead atoms. The standard InChI is InChI=1S/C11H18BrNO9/c12-2-6(17)21-11(10(19)20)1-4(15)7(13)9(22-11)8(18)5(16)3-14/h4-5,7-9,14-16,18H,1-3,13H2,(H,19,20)/t4-,5+,7+,8+,9+,11-/m0/s1. The van der Waals surface area contributed by atoms with Gasteiger partial charge in [-0.1, -0.05) is 15.9 Å². The summed E-state index contributed by atoms with van der Waals surface area (Å²) in [6, 6.07) is -1.26. The Bertz CT molecular complexity index is 422. The molecule has 0 amide bonds. The molecule has 128 valence electrons. The van der Waals surface area contributed by atoms with Crippen molar-refractivity contribution in [2.45, 2.75) is 42.7 Å². The highest BCUT2D eigenvalue weighted by Crippen LogP contribution is 2.32. The summed E-state index contributed by atoms with van der Waals surface area (Å²) in [4.78, 5) is 22.8. The predicted molar refractivity (Wildman–Crippen MR) is 72.8 cm³/mol. The summed E-state index contributed by atoms with van der Waals surface area (Å²) in [5.41, 5.74) is 5.63. The summed E-state index contributed by atoms with van der Waals surface area (Å²) in [5.74, 6) is -5.23. The van der Waals surface area contributed by atoms with Crippen LogP contribution in [0.4, 0.5) is 0 Å². The fourth-order valence-electron chi connectivity index (χ4n) is 2.06. The van der Waals surface area contributed by atoms with Gasteiger partial charge in [0, 0.05) is 0 Å². The smallest absolute Gasteiger partial charge is 0.377 e. The van der Waals surface area contributed by atoms with Gasteiger partial charge in [-0.25, -0.2) is 4.79 Å². The van der Waals surface area contributed by atoms with Gasteiger partial charge in [-0.3, -0.25) is 4.79 Å². The first-order valence-corrected chi connectivity index (χ1v) is 7.40. The van der Waals surface area contributed by atoms with Crippen molar-refractivity contribution in [2.75, 3.05) is 11.9 Å². The number of hydrogen-bond acceptors (Lipinski definition) is 9. The Hall–Kier alpha value is -0.820. The van der Waals surface area contributed by atoms with Crippen molar-refractivity contribution in [1.29, 1.82) is 0 Å². The zero-order chi connectivity index (χ0) is 17.1. The Balaban J connectivity index is 3.10. The molecule has 6 atom stereocenters. The number of halogens is 1. The number of aliphatic carboxylic acids is 1. The number of ether oxygens (including phenoxy) is 2. The van der Waals surface area contributed by atoms with Gasteiger partial charge in [-0.2, -0.15) is 0 Å². The molecule has 0 unspecified atom stereocenters. The maximum absolute atomic E-state index is 11.4. The van der Waals surface area contributed by atoms with Crippen LogP contribution >= 0.6 is 15.9 Å². The molecule has 7 N–H and O–H groups in total. The number of carboxylic acids is 1. The number of carbonyl (C=O) groups excluding carboxylic acids is 1. The van der Waals surface area contributed by atoms with Crippen LogP contribution in [0.1, 0.15) is 6.42 Å². The van der Waals surface area contributed by atoms with Gasteiger partial charge in [0.25, 0.3) is 0 Å². The molecular weight excluding hydrogens is 370 g/mol. The SMILES string of the molecule is N[C@H]1[C@H]([C@H](O)[C@H](O)CO)O[C@](OC(=O)CBr)(C(=O)O)C[C@@H]1O. The van der Waals surface area contributed by atoms with E-state index in [1.165, 1.54) is 0 Å². The predicted octanol–water partition coefficient (Wildman–Crippen LogP) is -3.10. The van der Waals surface area contributed by atoms with Crippen LogP contribution in [-0.2, 0) is 19.1 Å². The topological polar surface area (TPSA) is 180 Å². The second-order valence-electron chi connectivity index (χ2n) is 4.84. The first-order chi connectivity index (χ1) is 10.2. The summed E-state index contributed by atoms with van der Waals surface area (Å²) >= 11 is 2.79. The van der Waals surface area contributed by atoms with Crippen molar-refractivity contribution in [1.82, 2.24) is 0 Å². The molecule has 0 aromatic carbocycles. The van der Waals surface area contributed by atoms with E-state index in [9.17, 15) is 30.0 Å². The van der Waals surface area contributed by atoms with Crippen LogP contribution in [0, 0.1) is 0 Å². The third kappa shape index (κ3) is 3.93. The summed E-state index contributed by atoms with van der Waals surface area (Å²) in [6.45, 7) is -0.842. The number of rotatable bonds is 6. The summed E-state index contributed by atoms with van der Waals surface area (Å²) in [5, 5.41) is 47.0. The van der Waals surface area contributed by atoms with Crippen molar-refractivity contribution in [2.24, 2.45) is 5.73 Å². The molecule has 22 heavy (non-hydrogen) atoms. The van der Waals surface area contributed by atoms with Crippen molar-refractivity contribution < 1.29 is 44.6 Å². The first kappa shape index (κ1) is 19.2. The van der Waals surface area contributed by atoms with E-state index in [0.717, 1.165) is 0 Å². The fraction of sp³-hybridized carbons (Fsp3) is 0.818. The van der Waals surface area contributed by atoms with Gasteiger partial charge in [0.15, 0.2) is 0 Å². The van der Waals surface area contributed by atoms with Crippen molar-refractivity contribution in [3.05, 3.63) is 0 Å². The highest BCUT2D eigenvalue weighted by Gasteiger charge is 2.56. The largest absolute Gasteiger partial charge is 0.476 e. The lowest BCUT2D eigenvalue weighted by Crippen LogP contribution is -2.66. The quantitative estimate of drug-likeness (QED) is 0.201. The third-order valence-electron chi connectivity index (χ3n) is 3.26. The van der Waals surface area contributed by atoms with Crippen molar-refractivity contribution in [3.8, 4) is 0 Å². The van der Waals surface area contributed by atoms with Gasteiger partial charge in [0.05, 0.1) is 25.2 Å². The van der Waals surface area contributed by atoms with Crippen molar-refractivity contribution >= 4 is 27.9 Å². The Morgan fingerprint density at radius 2 is 2.05 bits per heavy atom. The van der Waals surface area contributed by atoms with Gasteiger partial charge in [0.1, 0.15) is 23.6 Å². The molecule has 0 saturated carbocycles. The fourth-order valence-corrected chi connectivity index (χ4v) is 2.17. The lowest BCUT2D eigenvalue weighted by Gasteiger charge is -2.44. The molecule has 0 aromatic rings. The van der Waals surface area contributed by atoms with E-state index in [1.807, 2.05) is 0 Å². The molecule has 1 aliphatic heterocycles. The van der Waals surface area contributed by atoms with Gasteiger partial charge in [-0.15, -0.1) is 0 Å². The van der Waals surface area contributed by atoms with Crippen LogP contribution in [-0.4, -0.2) is 85.7 Å². The van der Waals surface area contributed by atoms with Gasteiger partial charge in [0.2, 0.25) is 0 Å². The molecule has 1 rings (SSSR count). The molecule has 1 saturated heterocycles. The van der Waals surface area contributed by atoms with Crippen LogP contribution < -0.4 is 5.73 Å². The van der Waals surface area contributed by atoms with E-state index < -0.39 is 61.2 Å².